The van der Waals surface area contributed by atoms with E-state index in [4.69, 9.17) is 9.25 Å². The van der Waals surface area contributed by atoms with E-state index >= 15 is 0 Å². The molecule has 142 valence electrons. The molecule has 8 heteroatoms. The lowest BCUT2D eigenvalue weighted by atomic mass is 10.1. The summed E-state index contributed by atoms with van der Waals surface area (Å²) < 4.78 is 30.6. The molecule has 0 unspecified atom stereocenters. The standard InChI is InChI=1S/C19H20N2O5S/c1-13-4-9-17-14(12-26-18(17)10-13)11-19(22)20-15-5-7-16(8-6-15)27(23,24)21(2)25-3/h4-10,12H,11H2,1-3H3,(H,20,22). The van der Waals surface area contributed by atoms with Crippen LogP contribution in [0.5, 0.6) is 0 Å². The van der Waals surface area contributed by atoms with Crippen molar-refractivity contribution in [2.45, 2.75) is 18.2 Å². The van der Waals surface area contributed by atoms with Crippen LogP contribution in [0, 0.1) is 6.92 Å². The number of amides is 1. The van der Waals surface area contributed by atoms with Crippen LogP contribution < -0.4 is 5.32 Å². The zero-order chi connectivity index (χ0) is 19.6. The molecule has 0 atom stereocenters. The van der Waals surface area contributed by atoms with E-state index in [1.54, 1.807) is 6.26 Å². The van der Waals surface area contributed by atoms with Crippen LogP contribution in [0.3, 0.4) is 0 Å². The number of benzene rings is 2. The highest BCUT2D eigenvalue weighted by Gasteiger charge is 2.20. The molecule has 0 saturated carbocycles. The Kier molecular flexibility index (Phi) is 5.31. The second-order valence-corrected chi connectivity index (χ2v) is 8.04. The molecule has 0 aliphatic heterocycles. The number of hydrogen-bond acceptors (Lipinski definition) is 5. The average molecular weight is 388 g/mol. The number of nitrogens with one attached hydrogen (secondary N) is 1. The van der Waals surface area contributed by atoms with Crippen molar-refractivity contribution in [3.05, 3.63) is 59.9 Å². The molecule has 3 aromatic rings. The number of aryl methyl sites for hydroxylation is 1. The van der Waals surface area contributed by atoms with E-state index in [9.17, 15) is 13.2 Å². The van der Waals surface area contributed by atoms with Crippen LogP contribution in [0.15, 0.2) is 58.0 Å². The van der Waals surface area contributed by atoms with Gasteiger partial charge >= 0.3 is 0 Å². The molecular formula is C19H20N2O5S. The van der Waals surface area contributed by atoms with E-state index in [1.165, 1.54) is 38.4 Å². The maximum absolute atomic E-state index is 12.3. The largest absolute Gasteiger partial charge is 0.464 e. The summed E-state index contributed by atoms with van der Waals surface area (Å²) in [6.07, 6.45) is 1.74. The highest BCUT2D eigenvalue weighted by atomic mass is 32.2. The number of anilines is 1. The smallest absolute Gasteiger partial charge is 0.264 e. The fourth-order valence-electron chi connectivity index (χ4n) is 2.66. The van der Waals surface area contributed by atoms with E-state index in [2.05, 4.69) is 5.32 Å². The Morgan fingerprint density at radius 1 is 1.19 bits per heavy atom. The van der Waals surface area contributed by atoms with Gasteiger partial charge in [-0.25, -0.2) is 8.42 Å². The van der Waals surface area contributed by atoms with E-state index in [0.717, 1.165) is 26.6 Å². The van der Waals surface area contributed by atoms with Crippen molar-refractivity contribution in [1.82, 2.24) is 4.47 Å². The minimum absolute atomic E-state index is 0.0704. The molecule has 1 N–H and O–H groups in total. The summed E-state index contributed by atoms with van der Waals surface area (Å²) in [6.45, 7) is 1.97. The number of hydroxylamine groups is 1. The summed E-state index contributed by atoms with van der Waals surface area (Å²) >= 11 is 0. The third-order valence-electron chi connectivity index (χ3n) is 4.19. The number of carbonyl (C=O) groups excluding carboxylic acids is 1. The van der Waals surface area contributed by atoms with Gasteiger partial charge in [0.1, 0.15) is 5.58 Å². The molecule has 1 amide bonds. The highest BCUT2D eigenvalue weighted by molar-refractivity contribution is 7.89. The monoisotopic (exact) mass is 388 g/mol. The van der Waals surface area contributed by atoms with E-state index < -0.39 is 10.0 Å². The Morgan fingerprint density at radius 2 is 1.89 bits per heavy atom. The lowest BCUT2D eigenvalue weighted by molar-refractivity contribution is -0.115. The molecule has 1 aromatic heterocycles. The summed E-state index contributed by atoms with van der Waals surface area (Å²) in [4.78, 5) is 17.1. The van der Waals surface area contributed by atoms with Crippen molar-refractivity contribution >= 4 is 32.6 Å². The minimum Gasteiger partial charge on any atom is -0.464 e. The molecule has 0 radical (unpaired) electrons. The van der Waals surface area contributed by atoms with Gasteiger partial charge in [-0.2, -0.15) is 0 Å². The molecule has 1 heterocycles. The van der Waals surface area contributed by atoms with Crippen molar-refractivity contribution in [2.75, 3.05) is 19.5 Å². The van der Waals surface area contributed by atoms with Crippen LogP contribution >= 0.6 is 0 Å². The van der Waals surface area contributed by atoms with Gasteiger partial charge in [0.25, 0.3) is 10.0 Å². The predicted molar refractivity (Wildman–Crippen MR) is 102 cm³/mol. The Bertz CT molecular complexity index is 1070. The fourth-order valence-corrected chi connectivity index (χ4v) is 3.64. The van der Waals surface area contributed by atoms with Crippen molar-refractivity contribution < 1.29 is 22.5 Å². The van der Waals surface area contributed by atoms with Crippen molar-refractivity contribution in [3.63, 3.8) is 0 Å². The Labute approximate surface area is 157 Å². The number of furan rings is 1. The first-order valence-corrected chi connectivity index (χ1v) is 9.65. The van der Waals surface area contributed by atoms with Crippen LogP contribution in [0.25, 0.3) is 11.0 Å². The molecule has 3 rings (SSSR count). The maximum atomic E-state index is 12.3. The third kappa shape index (κ3) is 4.02. The number of sulfonamides is 1. The lowest BCUT2D eigenvalue weighted by Crippen LogP contribution is -2.25. The zero-order valence-electron chi connectivity index (χ0n) is 15.2. The molecule has 0 bridgehead atoms. The van der Waals surface area contributed by atoms with Crippen LogP contribution in [0.2, 0.25) is 0 Å². The first kappa shape index (κ1) is 19.1. The first-order valence-electron chi connectivity index (χ1n) is 8.21. The number of fused-ring (bicyclic) bond motifs is 1. The predicted octanol–water partition coefficient (Wildman–Crippen LogP) is 3.10. The van der Waals surface area contributed by atoms with Gasteiger partial charge in [-0.15, -0.1) is 0 Å². The molecule has 27 heavy (non-hydrogen) atoms. The molecule has 0 aliphatic carbocycles. The minimum atomic E-state index is -3.72. The van der Waals surface area contributed by atoms with E-state index in [0.29, 0.717) is 5.69 Å². The van der Waals surface area contributed by atoms with Gasteiger partial charge in [-0.1, -0.05) is 16.6 Å². The quantitative estimate of drug-likeness (QED) is 0.656. The average Bonchev–Trinajstić information content (AvgIpc) is 3.03. The third-order valence-corrected chi connectivity index (χ3v) is 5.89. The second-order valence-electron chi connectivity index (χ2n) is 6.11. The molecule has 0 saturated heterocycles. The van der Waals surface area contributed by atoms with Gasteiger partial charge in [-0.05, 0) is 42.8 Å². The Balaban J connectivity index is 1.71. The van der Waals surface area contributed by atoms with Crippen LogP contribution in [0.4, 0.5) is 5.69 Å². The maximum Gasteiger partial charge on any atom is 0.264 e. The van der Waals surface area contributed by atoms with Gasteiger partial charge in [0, 0.05) is 23.7 Å². The molecule has 0 spiro atoms. The summed E-state index contributed by atoms with van der Waals surface area (Å²) in [5.41, 5.74) is 3.13. The molecule has 2 aromatic carbocycles. The summed E-state index contributed by atoms with van der Waals surface area (Å²) in [7, 11) is -1.14. The van der Waals surface area contributed by atoms with Crippen LogP contribution in [-0.2, 0) is 26.1 Å². The van der Waals surface area contributed by atoms with E-state index in [-0.39, 0.29) is 17.2 Å². The highest BCUT2D eigenvalue weighted by Crippen LogP contribution is 2.23. The molecule has 0 fully saturated rings. The normalized spacial score (nSPS) is 11.9. The number of nitrogens with zero attached hydrogens (tertiary/aromatic N) is 1. The summed E-state index contributed by atoms with van der Waals surface area (Å²) in [5.74, 6) is -0.220. The second kappa shape index (κ2) is 7.51. The van der Waals surface area contributed by atoms with Crippen molar-refractivity contribution in [1.29, 1.82) is 0 Å². The van der Waals surface area contributed by atoms with Gasteiger partial charge < -0.3 is 9.73 Å². The van der Waals surface area contributed by atoms with Crippen molar-refractivity contribution in [2.24, 2.45) is 0 Å². The molecular weight excluding hydrogens is 368 g/mol. The number of rotatable bonds is 6. The summed E-state index contributed by atoms with van der Waals surface area (Å²) in [6, 6.07) is 11.7. The van der Waals surface area contributed by atoms with Gasteiger partial charge in [0.2, 0.25) is 5.91 Å². The molecule has 0 aliphatic rings. The van der Waals surface area contributed by atoms with E-state index in [1.807, 2.05) is 25.1 Å². The van der Waals surface area contributed by atoms with Crippen LogP contribution in [-0.4, -0.2) is 33.0 Å². The number of carbonyl (C=O) groups is 1. The van der Waals surface area contributed by atoms with Crippen molar-refractivity contribution in [3.8, 4) is 0 Å². The summed E-state index contributed by atoms with van der Waals surface area (Å²) in [5, 5.41) is 3.66. The SMILES string of the molecule is CON(C)S(=O)(=O)c1ccc(NC(=O)Cc2coc3cc(C)ccc23)cc1. The van der Waals surface area contributed by atoms with Crippen LogP contribution in [0.1, 0.15) is 11.1 Å². The Morgan fingerprint density at radius 3 is 2.56 bits per heavy atom. The Hall–Kier alpha value is -2.68. The van der Waals surface area contributed by atoms with Gasteiger partial charge in [-0.3, -0.25) is 9.63 Å². The fraction of sp³-hybridized carbons (Fsp3) is 0.211. The topological polar surface area (TPSA) is 88.9 Å². The lowest BCUT2D eigenvalue weighted by Gasteiger charge is -2.14. The first-order chi connectivity index (χ1) is 12.8. The zero-order valence-corrected chi connectivity index (χ0v) is 16.0. The van der Waals surface area contributed by atoms with Gasteiger partial charge in [0.15, 0.2) is 0 Å². The molecule has 7 nitrogen and oxygen atoms in total. The van der Waals surface area contributed by atoms with Gasteiger partial charge in [0.05, 0.1) is 24.7 Å². The number of hydrogen-bond donors (Lipinski definition) is 1.